The molecule has 3 rings (SSSR count). The monoisotopic (exact) mass is 526 g/mol. The SMILES string of the molecule is CCC1(C)Oc2cc(C(F)(F)F)c(C(=O)N(C(C)C)[C@@H]3CCCN(C(=O)OC(C)(C)C)C3)cc2CC1=O. The summed E-state index contributed by atoms with van der Waals surface area (Å²) in [4.78, 5) is 42.0. The lowest BCUT2D eigenvalue weighted by Gasteiger charge is -2.42. The Bertz CT molecular complexity index is 1060. The number of halogens is 3. The fraction of sp³-hybridized carbons (Fsp3) is 0.667. The van der Waals surface area contributed by atoms with Crippen LogP contribution in [0.3, 0.4) is 0 Å². The smallest absolute Gasteiger partial charge is 0.417 e. The number of carbonyl (C=O) groups is 3. The molecule has 2 aliphatic heterocycles. The number of benzene rings is 1. The molecule has 1 unspecified atom stereocenters. The molecule has 0 N–H and O–H groups in total. The molecule has 0 aromatic heterocycles. The van der Waals surface area contributed by atoms with Gasteiger partial charge in [-0.1, -0.05) is 6.92 Å². The maximum absolute atomic E-state index is 14.2. The topological polar surface area (TPSA) is 76.2 Å². The van der Waals surface area contributed by atoms with Crippen molar-refractivity contribution in [3.63, 3.8) is 0 Å². The van der Waals surface area contributed by atoms with Crippen LogP contribution in [0.25, 0.3) is 0 Å². The standard InChI is InChI=1S/C27H37F3N2O5/c1-8-26(7)22(33)13-17-12-19(20(27(28,29)30)14-21(17)36-26)23(34)32(16(2)3)18-10-9-11-31(15-18)24(35)37-25(4,5)6/h12,14,16,18H,8-11,13,15H2,1-7H3/t18-,26?/m1/s1. The summed E-state index contributed by atoms with van der Waals surface area (Å²) in [6.07, 6.45) is -4.03. The van der Waals surface area contributed by atoms with Crippen LogP contribution in [0.5, 0.6) is 5.75 Å². The molecule has 7 nitrogen and oxygen atoms in total. The Balaban J connectivity index is 1.99. The van der Waals surface area contributed by atoms with Crippen LogP contribution >= 0.6 is 0 Å². The molecule has 1 aromatic carbocycles. The Labute approximate surface area is 216 Å². The van der Waals surface area contributed by atoms with Crippen LogP contribution in [0.1, 0.15) is 89.2 Å². The zero-order valence-electron chi connectivity index (χ0n) is 22.6. The van der Waals surface area contributed by atoms with Crippen LogP contribution in [0.4, 0.5) is 18.0 Å². The average molecular weight is 527 g/mol. The molecule has 0 aliphatic carbocycles. The van der Waals surface area contributed by atoms with Gasteiger partial charge in [0.25, 0.3) is 5.91 Å². The van der Waals surface area contributed by atoms with E-state index in [1.54, 1.807) is 48.5 Å². The Morgan fingerprint density at radius 2 is 1.89 bits per heavy atom. The fourth-order valence-electron chi connectivity index (χ4n) is 4.83. The van der Waals surface area contributed by atoms with Gasteiger partial charge in [-0.15, -0.1) is 0 Å². The van der Waals surface area contributed by atoms with Gasteiger partial charge in [0, 0.05) is 31.1 Å². The second-order valence-corrected chi connectivity index (χ2v) is 11.3. The molecule has 206 valence electrons. The molecule has 0 radical (unpaired) electrons. The minimum Gasteiger partial charge on any atom is -0.479 e. The van der Waals surface area contributed by atoms with Gasteiger partial charge >= 0.3 is 12.3 Å². The third-order valence-corrected chi connectivity index (χ3v) is 6.92. The van der Waals surface area contributed by atoms with E-state index in [4.69, 9.17) is 9.47 Å². The Kier molecular flexibility index (Phi) is 7.92. The van der Waals surface area contributed by atoms with Crippen LogP contribution in [0.2, 0.25) is 0 Å². The first-order valence-corrected chi connectivity index (χ1v) is 12.7. The first kappa shape index (κ1) is 28.8. The number of alkyl halides is 3. The van der Waals surface area contributed by atoms with Crippen molar-refractivity contribution >= 4 is 17.8 Å². The molecule has 2 aliphatic rings. The number of Topliss-reactive ketones (excluding diaryl/α,β-unsaturated/α-hetero) is 1. The number of ether oxygens (including phenoxy) is 2. The predicted octanol–water partition coefficient (Wildman–Crippen LogP) is 5.63. The molecule has 37 heavy (non-hydrogen) atoms. The molecule has 0 bridgehead atoms. The van der Waals surface area contributed by atoms with E-state index in [2.05, 4.69) is 0 Å². The predicted molar refractivity (Wildman–Crippen MR) is 132 cm³/mol. The summed E-state index contributed by atoms with van der Waals surface area (Å²) in [5.41, 5.74) is -3.27. The van der Waals surface area contributed by atoms with Crippen LogP contribution < -0.4 is 4.74 Å². The van der Waals surface area contributed by atoms with Gasteiger partial charge in [-0.2, -0.15) is 13.2 Å². The van der Waals surface area contributed by atoms with Crippen molar-refractivity contribution in [3.05, 3.63) is 28.8 Å². The van der Waals surface area contributed by atoms with Crippen LogP contribution in [-0.2, 0) is 22.1 Å². The number of hydrogen-bond acceptors (Lipinski definition) is 5. The number of hydrogen-bond donors (Lipinski definition) is 0. The largest absolute Gasteiger partial charge is 0.479 e. The second-order valence-electron chi connectivity index (χ2n) is 11.3. The van der Waals surface area contributed by atoms with Crippen molar-refractivity contribution in [2.75, 3.05) is 13.1 Å². The van der Waals surface area contributed by atoms with E-state index in [1.165, 1.54) is 9.80 Å². The highest BCUT2D eigenvalue weighted by molar-refractivity contribution is 5.98. The second kappa shape index (κ2) is 10.2. The van der Waals surface area contributed by atoms with Crippen LogP contribution in [-0.4, -0.2) is 64.0 Å². The van der Waals surface area contributed by atoms with Gasteiger partial charge in [0.15, 0.2) is 11.4 Å². The van der Waals surface area contributed by atoms with Crippen LogP contribution in [0.15, 0.2) is 12.1 Å². The normalized spacial score (nSPS) is 22.4. The number of ketones is 1. The fourth-order valence-corrected chi connectivity index (χ4v) is 4.83. The lowest BCUT2D eigenvalue weighted by Crippen LogP contribution is -2.54. The molecule has 0 spiro atoms. The van der Waals surface area contributed by atoms with E-state index >= 15 is 0 Å². The Morgan fingerprint density at radius 1 is 1.24 bits per heavy atom. The zero-order valence-corrected chi connectivity index (χ0v) is 22.6. The van der Waals surface area contributed by atoms with E-state index < -0.39 is 52.6 Å². The molecule has 2 atom stereocenters. The minimum absolute atomic E-state index is 0.0299. The third-order valence-electron chi connectivity index (χ3n) is 6.92. The molecule has 0 saturated carbocycles. The number of rotatable bonds is 4. The number of amides is 2. The molecule has 2 heterocycles. The summed E-state index contributed by atoms with van der Waals surface area (Å²) in [7, 11) is 0. The van der Waals surface area contributed by atoms with Crippen LogP contribution in [0, 0.1) is 0 Å². The number of fused-ring (bicyclic) bond motifs is 1. The van der Waals surface area contributed by atoms with Gasteiger partial charge in [-0.05, 0) is 72.9 Å². The number of piperidine rings is 1. The van der Waals surface area contributed by atoms with Gasteiger partial charge in [-0.25, -0.2) is 4.79 Å². The zero-order chi connectivity index (χ0) is 27.9. The highest BCUT2D eigenvalue weighted by Crippen LogP contribution is 2.41. The average Bonchev–Trinajstić information content (AvgIpc) is 2.77. The molecule has 2 amide bonds. The summed E-state index contributed by atoms with van der Waals surface area (Å²) in [6, 6.07) is 1.06. The first-order chi connectivity index (χ1) is 17.0. The summed E-state index contributed by atoms with van der Waals surface area (Å²) in [5, 5.41) is 0. The maximum Gasteiger partial charge on any atom is 0.417 e. The summed E-state index contributed by atoms with van der Waals surface area (Å²) in [5.74, 6) is -1.07. The van der Waals surface area contributed by atoms with Gasteiger partial charge < -0.3 is 19.3 Å². The molecule has 10 heteroatoms. The Morgan fingerprint density at radius 3 is 2.43 bits per heavy atom. The van der Waals surface area contributed by atoms with Crippen molar-refractivity contribution in [1.29, 1.82) is 0 Å². The van der Waals surface area contributed by atoms with E-state index in [0.717, 1.165) is 12.1 Å². The van der Waals surface area contributed by atoms with E-state index in [1.807, 2.05) is 0 Å². The summed E-state index contributed by atoms with van der Waals surface area (Å²) < 4.78 is 53.8. The van der Waals surface area contributed by atoms with Crippen molar-refractivity contribution in [2.45, 2.75) is 104 Å². The molecular weight excluding hydrogens is 489 g/mol. The number of nitrogens with zero attached hydrogens (tertiary/aromatic N) is 2. The molecule has 1 saturated heterocycles. The third kappa shape index (κ3) is 6.21. The number of likely N-dealkylation sites (tertiary alicyclic amines) is 1. The van der Waals surface area contributed by atoms with E-state index in [9.17, 15) is 27.6 Å². The minimum atomic E-state index is -4.81. The lowest BCUT2D eigenvalue weighted by atomic mass is 9.87. The summed E-state index contributed by atoms with van der Waals surface area (Å²) in [6.45, 7) is 12.6. The highest BCUT2D eigenvalue weighted by Gasteiger charge is 2.44. The molecular formula is C27H37F3N2O5. The van der Waals surface area contributed by atoms with E-state index in [0.29, 0.717) is 25.8 Å². The maximum atomic E-state index is 14.2. The van der Waals surface area contributed by atoms with Crippen molar-refractivity contribution in [2.24, 2.45) is 0 Å². The lowest BCUT2D eigenvalue weighted by molar-refractivity contribution is -0.138. The quantitative estimate of drug-likeness (QED) is 0.509. The van der Waals surface area contributed by atoms with Gasteiger partial charge in [0.2, 0.25) is 0 Å². The highest BCUT2D eigenvalue weighted by atomic mass is 19.4. The van der Waals surface area contributed by atoms with Crippen molar-refractivity contribution in [1.82, 2.24) is 9.80 Å². The Hall–Kier alpha value is -2.78. The first-order valence-electron chi connectivity index (χ1n) is 12.7. The molecule has 1 fully saturated rings. The van der Waals surface area contributed by atoms with Gasteiger partial charge in [-0.3, -0.25) is 9.59 Å². The molecule has 1 aromatic rings. The van der Waals surface area contributed by atoms with Crippen molar-refractivity contribution < 1.29 is 37.0 Å². The van der Waals surface area contributed by atoms with E-state index in [-0.39, 0.29) is 30.1 Å². The van der Waals surface area contributed by atoms with Gasteiger partial charge in [0.05, 0.1) is 17.2 Å². The number of carbonyl (C=O) groups excluding carboxylic acids is 3. The summed E-state index contributed by atoms with van der Waals surface area (Å²) >= 11 is 0. The van der Waals surface area contributed by atoms with Gasteiger partial charge in [0.1, 0.15) is 11.4 Å². The van der Waals surface area contributed by atoms with Crippen molar-refractivity contribution in [3.8, 4) is 5.75 Å².